The second-order valence-electron chi connectivity index (χ2n) is 6.06. The molecule has 1 aromatic carbocycles. The van der Waals surface area contributed by atoms with Gasteiger partial charge in [0, 0.05) is 17.7 Å². The summed E-state index contributed by atoms with van der Waals surface area (Å²) in [5, 5.41) is 2.53. The van der Waals surface area contributed by atoms with E-state index < -0.39 is 17.6 Å². The molecule has 6 heteroatoms. The van der Waals surface area contributed by atoms with E-state index in [2.05, 4.69) is 11.9 Å². The summed E-state index contributed by atoms with van der Waals surface area (Å²) >= 11 is 0. The molecule has 0 aliphatic carbocycles. The van der Waals surface area contributed by atoms with Crippen LogP contribution in [0.25, 0.3) is 0 Å². The Kier molecular flexibility index (Phi) is 5.86. The Morgan fingerprint density at radius 2 is 1.70 bits per heavy atom. The van der Waals surface area contributed by atoms with E-state index in [1.165, 1.54) is 13.0 Å². The van der Waals surface area contributed by atoms with E-state index in [-0.39, 0.29) is 23.3 Å². The third kappa shape index (κ3) is 4.74. The number of carbonyl (C=O) groups is 1. The molecule has 0 saturated carbocycles. The van der Waals surface area contributed by atoms with E-state index in [0.717, 1.165) is 12.1 Å². The predicted molar refractivity (Wildman–Crippen MR) is 87.6 cm³/mol. The molecule has 0 saturated heterocycles. The highest BCUT2D eigenvalue weighted by molar-refractivity contribution is 6.04. The number of rotatable bonds is 5. The second-order valence-corrected chi connectivity index (χ2v) is 6.06. The summed E-state index contributed by atoms with van der Waals surface area (Å²) in [5.41, 5.74) is 0.118. The first kappa shape index (κ1) is 19.1. The summed E-state index contributed by atoms with van der Waals surface area (Å²) in [6.45, 7) is 12.8. The number of carbonyl (C=O) groups excluding carboxylic acids is 1. The number of alkyl halides is 3. The second kappa shape index (κ2) is 7.06. The van der Waals surface area contributed by atoms with Gasteiger partial charge in [-0.25, -0.2) is 0 Å². The Morgan fingerprint density at radius 3 is 2.09 bits per heavy atom. The van der Waals surface area contributed by atoms with Gasteiger partial charge in [-0.3, -0.25) is 4.79 Å². The van der Waals surface area contributed by atoms with Crippen LogP contribution >= 0.6 is 0 Å². The minimum absolute atomic E-state index is 0.0622. The number of nitrogens with zero attached hydrogens (tertiary/aromatic N) is 1. The van der Waals surface area contributed by atoms with Crippen molar-refractivity contribution in [1.29, 1.82) is 0 Å². The summed E-state index contributed by atoms with van der Waals surface area (Å²) < 4.78 is 38.9. The van der Waals surface area contributed by atoms with Crippen LogP contribution in [0.3, 0.4) is 0 Å². The zero-order chi connectivity index (χ0) is 17.9. The predicted octanol–water partition coefficient (Wildman–Crippen LogP) is 4.84. The van der Waals surface area contributed by atoms with Crippen molar-refractivity contribution in [3.05, 3.63) is 35.9 Å². The molecule has 0 radical (unpaired) electrons. The summed E-state index contributed by atoms with van der Waals surface area (Å²) in [7, 11) is 0. The van der Waals surface area contributed by atoms with E-state index in [1.54, 1.807) is 0 Å². The van der Waals surface area contributed by atoms with Crippen molar-refractivity contribution in [3.8, 4) is 0 Å². The number of nitrogens with one attached hydrogen (secondary N) is 1. The summed E-state index contributed by atoms with van der Waals surface area (Å²) in [6, 6.07) is 3.52. The van der Waals surface area contributed by atoms with E-state index in [0.29, 0.717) is 5.69 Å². The maximum absolute atomic E-state index is 13.0. The lowest BCUT2D eigenvalue weighted by molar-refractivity contribution is -0.137. The quantitative estimate of drug-likeness (QED) is 0.784. The molecule has 0 fully saturated rings. The Bertz CT molecular complexity index is 584. The fraction of sp³-hybridized carbons (Fsp3) is 0.471. The van der Waals surface area contributed by atoms with Crippen LogP contribution in [0.4, 0.5) is 24.5 Å². The maximum atomic E-state index is 13.0. The number of hydrogen-bond acceptors (Lipinski definition) is 2. The molecule has 0 aliphatic rings. The molecule has 1 N–H and O–H groups in total. The smallest absolute Gasteiger partial charge is 0.365 e. The fourth-order valence-electron chi connectivity index (χ4n) is 2.42. The zero-order valence-corrected chi connectivity index (χ0v) is 14.1. The van der Waals surface area contributed by atoms with Crippen LogP contribution in [0.1, 0.15) is 40.2 Å². The van der Waals surface area contributed by atoms with Crippen LogP contribution in [0.15, 0.2) is 30.4 Å². The lowest BCUT2D eigenvalue weighted by Crippen LogP contribution is -2.37. The molecule has 0 heterocycles. The number of amides is 1. The van der Waals surface area contributed by atoms with E-state index >= 15 is 0 Å². The first-order chi connectivity index (χ1) is 10.4. The molecular weight excluding hydrogens is 305 g/mol. The van der Waals surface area contributed by atoms with Crippen molar-refractivity contribution < 1.29 is 18.0 Å². The van der Waals surface area contributed by atoms with Gasteiger partial charge in [-0.2, -0.15) is 13.2 Å². The molecule has 0 atom stereocenters. The van der Waals surface area contributed by atoms with Crippen LogP contribution in [-0.2, 0) is 11.0 Å². The van der Waals surface area contributed by atoms with E-state index in [9.17, 15) is 18.0 Å². The van der Waals surface area contributed by atoms with Gasteiger partial charge < -0.3 is 10.2 Å². The van der Waals surface area contributed by atoms with Gasteiger partial charge in [0.25, 0.3) is 5.91 Å². The molecule has 0 bridgehead atoms. The van der Waals surface area contributed by atoms with Gasteiger partial charge in [-0.15, -0.1) is 0 Å². The van der Waals surface area contributed by atoms with Gasteiger partial charge >= 0.3 is 6.18 Å². The molecule has 3 nitrogen and oxygen atoms in total. The highest BCUT2D eigenvalue weighted by Gasteiger charge is 2.32. The average Bonchev–Trinajstić information content (AvgIpc) is 2.38. The van der Waals surface area contributed by atoms with Gasteiger partial charge in [0.15, 0.2) is 0 Å². The molecule has 0 unspecified atom stereocenters. The SMILES string of the molecule is C=C(C)C(=O)Nc1cc(C(F)(F)F)ccc1N(C(C)C)C(C)C. The van der Waals surface area contributed by atoms with Gasteiger partial charge in [0.2, 0.25) is 0 Å². The van der Waals surface area contributed by atoms with Crippen molar-refractivity contribution in [2.24, 2.45) is 0 Å². The standard InChI is InChI=1S/C17H23F3N2O/c1-10(2)16(23)21-14-9-13(17(18,19)20)7-8-15(14)22(11(3)4)12(5)6/h7-9,11-12H,1H2,2-6H3,(H,21,23). The Labute approximate surface area is 135 Å². The van der Waals surface area contributed by atoms with E-state index in [1.807, 2.05) is 32.6 Å². The van der Waals surface area contributed by atoms with Crippen molar-refractivity contribution in [1.82, 2.24) is 0 Å². The van der Waals surface area contributed by atoms with Crippen LogP contribution in [0.2, 0.25) is 0 Å². The normalized spacial score (nSPS) is 11.7. The topological polar surface area (TPSA) is 32.3 Å². The first-order valence-corrected chi connectivity index (χ1v) is 7.41. The van der Waals surface area contributed by atoms with Gasteiger partial charge in [0.05, 0.1) is 16.9 Å². The zero-order valence-electron chi connectivity index (χ0n) is 14.1. The molecule has 0 aliphatic heterocycles. The lowest BCUT2D eigenvalue weighted by Gasteiger charge is -2.35. The Balaban J connectivity index is 3.44. The van der Waals surface area contributed by atoms with Gasteiger partial charge in [0.1, 0.15) is 0 Å². The van der Waals surface area contributed by atoms with Crippen molar-refractivity contribution in [2.45, 2.75) is 52.9 Å². The molecule has 1 rings (SSSR count). The lowest BCUT2D eigenvalue weighted by atomic mass is 10.1. The van der Waals surface area contributed by atoms with Crippen LogP contribution in [0.5, 0.6) is 0 Å². The van der Waals surface area contributed by atoms with Crippen LogP contribution in [-0.4, -0.2) is 18.0 Å². The molecule has 1 amide bonds. The Morgan fingerprint density at radius 1 is 1.17 bits per heavy atom. The van der Waals surface area contributed by atoms with Gasteiger partial charge in [-0.05, 0) is 52.8 Å². The van der Waals surface area contributed by atoms with Crippen LogP contribution < -0.4 is 10.2 Å². The molecule has 23 heavy (non-hydrogen) atoms. The molecule has 128 valence electrons. The first-order valence-electron chi connectivity index (χ1n) is 7.41. The number of benzene rings is 1. The van der Waals surface area contributed by atoms with Crippen molar-refractivity contribution >= 4 is 17.3 Å². The van der Waals surface area contributed by atoms with Crippen molar-refractivity contribution in [3.63, 3.8) is 0 Å². The van der Waals surface area contributed by atoms with E-state index in [4.69, 9.17) is 0 Å². The fourth-order valence-corrected chi connectivity index (χ4v) is 2.42. The molecule has 0 spiro atoms. The Hall–Kier alpha value is -1.98. The third-order valence-electron chi connectivity index (χ3n) is 3.35. The summed E-state index contributed by atoms with van der Waals surface area (Å²) in [6.07, 6.45) is -4.47. The third-order valence-corrected chi connectivity index (χ3v) is 3.35. The minimum atomic E-state index is -4.47. The summed E-state index contributed by atoms with van der Waals surface area (Å²) in [5.74, 6) is -0.502. The van der Waals surface area contributed by atoms with Crippen molar-refractivity contribution in [2.75, 3.05) is 10.2 Å². The highest BCUT2D eigenvalue weighted by Crippen LogP contribution is 2.36. The summed E-state index contributed by atoms with van der Waals surface area (Å²) in [4.78, 5) is 13.8. The number of anilines is 2. The minimum Gasteiger partial charge on any atom is -0.365 e. The number of halogens is 3. The maximum Gasteiger partial charge on any atom is 0.416 e. The molecule has 0 aromatic heterocycles. The highest BCUT2D eigenvalue weighted by atomic mass is 19.4. The van der Waals surface area contributed by atoms with Crippen LogP contribution in [0, 0.1) is 0 Å². The largest absolute Gasteiger partial charge is 0.416 e. The average molecular weight is 328 g/mol. The molecule has 1 aromatic rings. The number of hydrogen-bond donors (Lipinski definition) is 1. The monoisotopic (exact) mass is 328 g/mol. The van der Waals surface area contributed by atoms with Gasteiger partial charge in [-0.1, -0.05) is 6.58 Å². The molecular formula is C17H23F3N2O.